The molecule has 0 fully saturated rings. The highest BCUT2D eigenvalue weighted by Gasteiger charge is 2.05. The van der Waals surface area contributed by atoms with Crippen LogP contribution in [0.4, 0.5) is 0 Å². The van der Waals surface area contributed by atoms with E-state index in [1.807, 2.05) is 13.0 Å². The minimum absolute atomic E-state index is 0.260. The topological polar surface area (TPSA) is 81.4 Å². The second-order valence-electron chi connectivity index (χ2n) is 3.70. The van der Waals surface area contributed by atoms with Crippen molar-refractivity contribution in [1.82, 2.24) is 5.32 Å². The molecule has 0 bridgehead atoms. The molecule has 0 aliphatic carbocycles. The lowest BCUT2D eigenvalue weighted by molar-refractivity contribution is -0.136. The molecule has 0 saturated heterocycles. The van der Waals surface area contributed by atoms with Crippen LogP contribution < -0.4 is 11.1 Å². The molecule has 0 saturated carbocycles. The van der Waals surface area contributed by atoms with Gasteiger partial charge in [0, 0.05) is 18.5 Å². The third-order valence-corrected chi connectivity index (χ3v) is 2.35. The number of methoxy groups -OCH3 is 1. The van der Waals surface area contributed by atoms with Gasteiger partial charge in [0.05, 0.1) is 7.11 Å². The van der Waals surface area contributed by atoms with Crippen molar-refractivity contribution in [2.75, 3.05) is 20.2 Å². The van der Waals surface area contributed by atoms with Gasteiger partial charge in [-0.25, -0.2) is 4.79 Å². The monoisotopic (exact) mass is 242 g/mol. The summed E-state index contributed by atoms with van der Waals surface area (Å²) in [6, 6.07) is 0. The molecule has 0 heterocycles. The molecule has 0 spiro atoms. The molecule has 3 N–H and O–H groups in total. The van der Waals surface area contributed by atoms with Gasteiger partial charge in [-0.1, -0.05) is 13.0 Å². The van der Waals surface area contributed by atoms with E-state index in [4.69, 9.17) is 5.73 Å². The van der Waals surface area contributed by atoms with Crippen molar-refractivity contribution in [2.45, 2.75) is 32.6 Å². The van der Waals surface area contributed by atoms with E-state index >= 15 is 0 Å². The van der Waals surface area contributed by atoms with Gasteiger partial charge in [-0.3, -0.25) is 4.79 Å². The number of carbonyl (C=O) groups is 2. The summed E-state index contributed by atoms with van der Waals surface area (Å²) < 4.78 is 4.64. The maximum atomic E-state index is 11.2. The first-order valence-electron chi connectivity index (χ1n) is 5.88. The largest absolute Gasteiger partial charge is 0.466 e. The number of esters is 1. The smallest absolute Gasteiger partial charge is 0.333 e. The first-order valence-corrected chi connectivity index (χ1v) is 5.88. The van der Waals surface area contributed by atoms with Gasteiger partial charge in [0.15, 0.2) is 0 Å². The van der Waals surface area contributed by atoms with Crippen molar-refractivity contribution in [3.8, 4) is 0 Å². The predicted octanol–water partition coefficient (Wildman–Crippen LogP) is 0.741. The first kappa shape index (κ1) is 15.6. The Bertz CT molecular complexity index is 275. The molecule has 98 valence electrons. The minimum atomic E-state index is -0.275. The van der Waals surface area contributed by atoms with Crippen LogP contribution in [0.3, 0.4) is 0 Å². The molecule has 0 aliphatic rings. The van der Waals surface area contributed by atoms with Crippen LogP contribution in [0.1, 0.15) is 32.6 Å². The van der Waals surface area contributed by atoms with E-state index in [1.165, 1.54) is 7.11 Å². The van der Waals surface area contributed by atoms with Gasteiger partial charge in [0.1, 0.15) is 0 Å². The van der Waals surface area contributed by atoms with E-state index in [0.717, 1.165) is 19.4 Å². The second kappa shape index (κ2) is 9.84. The zero-order valence-electron chi connectivity index (χ0n) is 10.6. The van der Waals surface area contributed by atoms with Crippen LogP contribution in [0.15, 0.2) is 11.6 Å². The van der Waals surface area contributed by atoms with E-state index in [1.54, 1.807) is 0 Å². The number of unbranched alkanes of at least 4 members (excludes halogenated alkanes) is 1. The molecule has 0 aromatic rings. The van der Waals surface area contributed by atoms with E-state index in [9.17, 15) is 9.59 Å². The fourth-order valence-corrected chi connectivity index (χ4v) is 1.35. The SMILES string of the molecule is CCC(=CCNCCCCC(N)=O)C(=O)OC. The molecule has 1 amide bonds. The van der Waals surface area contributed by atoms with Crippen LogP contribution in [0.5, 0.6) is 0 Å². The van der Waals surface area contributed by atoms with E-state index in [0.29, 0.717) is 25.0 Å². The number of ether oxygens (including phenoxy) is 1. The molecule has 0 radical (unpaired) electrons. The average molecular weight is 242 g/mol. The maximum absolute atomic E-state index is 11.2. The van der Waals surface area contributed by atoms with Gasteiger partial charge in [0.25, 0.3) is 0 Å². The van der Waals surface area contributed by atoms with Crippen molar-refractivity contribution >= 4 is 11.9 Å². The van der Waals surface area contributed by atoms with E-state index < -0.39 is 0 Å². The number of hydrogen-bond acceptors (Lipinski definition) is 4. The Morgan fingerprint density at radius 1 is 1.35 bits per heavy atom. The highest BCUT2D eigenvalue weighted by molar-refractivity contribution is 5.88. The van der Waals surface area contributed by atoms with Crippen LogP contribution in [-0.2, 0) is 14.3 Å². The number of nitrogens with one attached hydrogen (secondary N) is 1. The molecule has 0 aromatic heterocycles. The Labute approximate surface area is 102 Å². The Kier molecular flexibility index (Phi) is 9.05. The lowest BCUT2D eigenvalue weighted by atomic mass is 10.2. The summed E-state index contributed by atoms with van der Waals surface area (Å²) in [5, 5.41) is 3.17. The van der Waals surface area contributed by atoms with Gasteiger partial charge >= 0.3 is 5.97 Å². The molecule has 0 atom stereocenters. The first-order chi connectivity index (χ1) is 8.11. The zero-order valence-corrected chi connectivity index (χ0v) is 10.6. The molecule has 0 aromatic carbocycles. The molecule has 0 rings (SSSR count). The van der Waals surface area contributed by atoms with E-state index in [2.05, 4.69) is 10.1 Å². The Morgan fingerprint density at radius 2 is 2.06 bits per heavy atom. The van der Waals surface area contributed by atoms with Crippen LogP contribution in [0, 0.1) is 0 Å². The second-order valence-corrected chi connectivity index (χ2v) is 3.70. The number of carbonyl (C=O) groups excluding carboxylic acids is 2. The van der Waals surface area contributed by atoms with Crippen LogP contribution in [0.25, 0.3) is 0 Å². The lowest BCUT2D eigenvalue weighted by Crippen LogP contribution is -2.17. The summed E-state index contributed by atoms with van der Waals surface area (Å²) in [5.41, 5.74) is 5.70. The third-order valence-electron chi connectivity index (χ3n) is 2.35. The van der Waals surface area contributed by atoms with Crippen molar-refractivity contribution in [1.29, 1.82) is 0 Å². The predicted molar refractivity (Wildman–Crippen MR) is 66.3 cm³/mol. The number of rotatable bonds is 9. The molecular weight excluding hydrogens is 220 g/mol. The fourth-order valence-electron chi connectivity index (χ4n) is 1.35. The van der Waals surface area contributed by atoms with E-state index in [-0.39, 0.29) is 11.9 Å². The number of hydrogen-bond donors (Lipinski definition) is 2. The summed E-state index contributed by atoms with van der Waals surface area (Å²) in [4.78, 5) is 21.7. The molecule has 17 heavy (non-hydrogen) atoms. The van der Waals surface area contributed by atoms with Crippen LogP contribution in [0.2, 0.25) is 0 Å². The highest BCUT2D eigenvalue weighted by atomic mass is 16.5. The molecule has 0 aliphatic heterocycles. The van der Waals surface area contributed by atoms with Crippen molar-refractivity contribution < 1.29 is 14.3 Å². The van der Waals surface area contributed by atoms with Gasteiger partial charge in [0.2, 0.25) is 5.91 Å². The van der Waals surface area contributed by atoms with Crippen LogP contribution >= 0.6 is 0 Å². The summed E-state index contributed by atoms with van der Waals surface area (Å²) in [6.45, 7) is 3.35. The average Bonchev–Trinajstić information content (AvgIpc) is 2.31. The third kappa shape index (κ3) is 8.45. The maximum Gasteiger partial charge on any atom is 0.333 e. The minimum Gasteiger partial charge on any atom is -0.466 e. The number of amides is 1. The molecule has 0 unspecified atom stereocenters. The zero-order chi connectivity index (χ0) is 13.1. The van der Waals surface area contributed by atoms with Gasteiger partial charge in [-0.2, -0.15) is 0 Å². The summed E-state index contributed by atoms with van der Waals surface area (Å²) in [6.07, 6.45) is 4.62. The molecule has 5 nitrogen and oxygen atoms in total. The van der Waals surface area contributed by atoms with Gasteiger partial charge < -0.3 is 15.8 Å². The molecular formula is C12H22N2O3. The standard InChI is InChI=1S/C12H22N2O3/c1-3-10(12(16)17-2)7-9-14-8-5-4-6-11(13)15/h7,14H,3-6,8-9H2,1-2H3,(H2,13,15). The van der Waals surface area contributed by atoms with Gasteiger partial charge in [-0.05, 0) is 25.8 Å². The number of primary amides is 1. The summed E-state index contributed by atoms with van der Waals surface area (Å²) in [7, 11) is 1.38. The fraction of sp³-hybridized carbons (Fsp3) is 0.667. The highest BCUT2D eigenvalue weighted by Crippen LogP contribution is 2.01. The quantitative estimate of drug-likeness (QED) is 0.355. The normalized spacial score (nSPS) is 11.3. The van der Waals surface area contributed by atoms with Crippen molar-refractivity contribution in [3.05, 3.63) is 11.6 Å². The van der Waals surface area contributed by atoms with Crippen molar-refractivity contribution in [3.63, 3.8) is 0 Å². The summed E-state index contributed by atoms with van der Waals surface area (Å²) in [5.74, 6) is -0.535. The Balaban J connectivity index is 3.63. The number of nitrogens with two attached hydrogens (primary N) is 1. The molecule has 5 heteroatoms. The van der Waals surface area contributed by atoms with Crippen LogP contribution in [-0.4, -0.2) is 32.1 Å². The van der Waals surface area contributed by atoms with Gasteiger partial charge in [-0.15, -0.1) is 0 Å². The van der Waals surface area contributed by atoms with Crippen molar-refractivity contribution in [2.24, 2.45) is 5.73 Å². The Morgan fingerprint density at radius 3 is 2.59 bits per heavy atom. The Hall–Kier alpha value is -1.36. The summed E-state index contributed by atoms with van der Waals surface area (Å²) >= 11 is 0. The lowest BCUT2D eigenvalue weighted by Gasteiger charge is -2.04.